The molecule has 1 N–H and O–H groups in total. The van der Waals surface area contributed by atoms with Crippen LogP contribution in [0.2, 0.25) is 0 Å². The number of aromatic carboxylic acids is 1. The van der Waals surface area contributed by atoms with Gasteiger partial charge in [-0.05, 0) is 37.1 Å². The molecular weight excluding hydrogens is 206 g/mol. The van der Waals surface area contributed by atoms with Gasteiger partial charge in [-0.15, -0.1) is 0 Å². The number of carboxylic acid groups (broad SMARTS) is 1. The average molecular weight is 217 g/mol. The van der Waals surface area contributed by atoms with Gasteiger partial charge in [0.15, 0.2) is 0 Å². The summed E-state index contributed by atoms with van der Waals surface area (Å²) in [4.78, 5) is 14.6. The Morgan fingerprint density at radius 1 is 1.31 bits per heavy atom. The van der Waals surface area contributed by atoms with Crippen LogP contribution >= 0.6 is 0 Å². The molecule has 1 aromatic heterocycles. The minimum absolute atomic E-state index is 0.145. The van der Waals surface area contributed by atoms with E-state index in [9.17, 15) is 4.79 Å². The molecule has 1 heterocycles. The first-order valence-corrected chi connectivity index (χ1v) is 4.84. The van der Waals surface area contributed by atoms with Gasteiger partial charge in [0.1, 0.15) is 0 Å². The van der Waals surface area contributed by atoms with Gasteiger partial charge in [-0.1, -0.05) is 6.07 Å². The number of nitrogens with zero attached hydrogens (tertiary/aromatic N) is 1. The van der Waals surface area contributed by atoms with Crippen molar-refractivity contribution in [3.63, 3.8) is 0 Å². The van der Waals surface area contributed by atoms with E-state index in [4.69, 9.17) is 9.52 Å². The number of hydrogen-bond acceptors (Lipinski definition) is 3. The molecule has 0 unspecified atom stereocenters. The molecule has 0 aliphatic rings. The van der Waals surface area contributed by atoms with Crippen LogP contribution in [0.15, 0.2) is 28.8 Å². The second kappa shape index (κ2) is 3.81. The van der Waals surface area contributed by atoms with Gasteiger partial charge < -0.3 is 9.52 Å². The number of benzene rings is 1. The second-order valence-electron chi connectivity index (χ2n) is 3.63. The highest BCUT2D eigenvalue weighted by atomic mass is 16.4. The first kappa shape index (κ1) is 10.4. The van der Waals surface area contributed by atoms with Gasteiger partial charge in [0.2, 0.25) is 11.7 Å². The zero-order valence-corrected chi connectivity index (χ0v) is 9.02. The summed E-state index contributed by atoms with van der Waals surface area (Å²) < 4.78 is 5.12. The van der Waals surface area contributed by atoms with E-state index in [-0.39, 0.29) is 5.76 Å². The quantitative estimate of drug-likeness (QED) is 0.839. The minimum Gasteiger partial charge on any atom is -0.475 e. The van der Waals surface area contributed by atoms with Crippen LogP contribution in [0.25, 0.3) is 11.5 Å². The molecule has 4 heteroatoms. The SMILES string of the molecule is Cc1ccc(-c2ncc(C(=O)O)o2)cc1C. The summed E-state index contributed by atoms with van der Waals surface area (Å²) in [7, 11) is 0. The van der Waals surface area contributed by atoms with E-state index in [1.54, 1.807) is 0 Å². The summed E-state index contributed by atoms with van der Waals surface area (Å²) in [6, 6.07) is 5.74. The largest absolute Gasteiger partial charge is 0.475 e. The van der Waals surface area contributed by atoms with Crippen LogP contribution in [0.1, 0.15) is 21.7 Å². The van der Waals surface area contributed by atoms with Crippen molar-refractivity contribution in [3.05, 3.63) is 41.3 Å². The van der Waals surface area contributed by atoms with E-state index in [1.807, 2.05) is 32.0 Å². The highest BCUT2D eigenvalue weighted by Gasteiger charge is 2.12. The molecule has 82 valence electrons. The van der Waals surface area contributed by atoms with E-state index in [0.29, 0.717) is 5.89 Å². The predicted octanol–water partition coefficient (Wildman–Crippen LogP) is 2.66. The van der Waals surface area contributed by atoms with Crippen LogP contribution in [-0.2, 0) is 0 Å². The number of carbonyl (C=O) groups is 1. The van der Waals surface area contributed by atoms with Crippen LogP contribution in [0, 0.1) is 13.8 Å². The maximum Gasteiger partial charge on any atom is 0.373 e. The lowest BCUT2D eigenvalue weighted by Crippen LogP contribution is -1.91. The highest BCUT2D eigenvalue weighted by Crippen LogP contribution is 2.21. The topological polar surface area (TPSA) is 63.3 Å². The van der Waals surface area contributed by atoms with Crippen molar-refractivity contribution in [1.29, 1.82) is 0 Å². The molecule has 16 heavy (non-hydrogen) atoms. The van der Waals surface area contributed by atoms with E-state index in [2.05, 4.69) is 4.98 Å². The molecule has 0 saturated carbocycles. The fourth-order valence-electron chi connectivity index (χ4n) is 1.38. The number of aromatic nitrogens is 1. The minimum atomic E-state index is -1.11. The van der Waals surface area contributed by atoms with Gasteiger partial charge >= 0.3 is 5.97 Å². The van der Waals surface area contributed by atoms with Gasteiger partial charge in [0.05, 0.1) is 6.20 Å². The van der Waals surface area contributed by atoms with E-state index < -0.39 is 5.97 Å². The summed E-state index contributed by atoms with van der Waals surface area (Å²) in [6.45, 7) is 4.00. The van der Waals surface area contributed by atoms with Crippen LogP contribution in [0.5, 0.6) is 0 Å². The summed E-state index contributed by atoms with van der Waals surface area (Å²) >= 11 is 0. The Kier molecular flexibility index (Phi) is 2.48. The number of aryl methyl sites for hydroxylation is 2. The van der Waals surface area contributed by atoms with Crippen molar-refractivity contribution < 1.29 is 14.3 Å². The molecule has 0 amide bonds. The van der Waals surface area contributed by atoms with E-state index in [0.717, 1.165) is 11.1 Å². The molecule has 4 nitrogen and oxygen atoms in total. The number of rotatable bonds is 2. The molecule has 0 aliphatic carbocycles. The van der Waals surface area contributed by atoms with Crippen molar-refractivity contribution in [2.24, 2.45) is 0 Å². The standard InChI is InChI=1S/C12H11NO3/c1-7-3-4-9(5-8(7)2)11-13-6-10(16-11)12(14)15/h3-6H,1-2H3,(H,14,15). The van der Waals surface area contributed by atoms with Crippen molar-refractivity contribution >= 4 is 5.97 Å². The molecule has 2 aromatic rings. The lowest BCUT2D eigenvalue weighted by molar-refractivity contribution is 0.0663. The number of oxazole rings is 1. The van der Waals surface area contributed by atoms with Crippen LogP contribution in [0.4, 0.5) is 0 Å². The van der Waals surface area contributed by atoms with Crippen LogP contribution in [0.3, 0.4) is 0 Å². The summed E-state index contributed by atoms with van der Waals surface area (Å²) in [6.07, 6.45) is 1.22. The van der Waals surface area contributed by atoms with E-state index >= 15 is 0 Å². The summed E-state index contributed by atoms with van der Waals surface area (Å²) in [5, 5.41) is 8.71. The molecule has 0 spiro atoms. The average Bonchev–Trinajstić information content (AvgIpc) is 2.71. The lowest BCUT2D eigenvalue weighted by Gasteiger charge is -2.01. The fraction of sp³-hybridized carbons (Fsp3) is 0.167. The molecule has 2 rings (SSSR count). The van der Waals surface area contributed by atoms with Gasteiger partial charge in [-0.3, -0.25) is 0 Å². The Balaban J connectivity index is 2.42. The smallest absolute Gasteiger partial charge is 0.373 e. The van der Waals surface area contributed by atoms with Crippen LogP contribution in [-0.4, -0.2) is 16.1 Å². The maximum absolute atomic E-state index is 10.6. The van der Waals surface area contributed by atoms with Crippen LogP contribution < -0.4 is 0 Å². The van der Waals surface area contributed by atoms with Gasteiger partial charge in [-0.2, -0.15) is 0 Å². The first-order chi connectivity index (χ1) is 7.58. The van der Waals surface area contributed by atoms with E-state index in [1.165, 1.54) is 11.8 Å². The number of carboxylic acids is 1. The molecule has 0 atom stereocenters. The Labute approximate surface area is 92.6 Å². The van der Waals surface area contributed by atoms with Crippen molar-refractivity contribution in [3.8, 4) is 11.5 Å². The zero-order valence-electron chi connectivity index (χ0n) is 9.02. The van der Waals surface area contributed by atoms with Crippen molar-refractivity contribution in [2.75, 3.05) is 0 Å². The predicted molar refractivity (Wildman–Crippen MR) is 58.4 cm³/mol. The molecule has 0 radical (unpaired) electrons. The third-order valence-electron chi connectivity index (χ3n) is 2.47. The normalized spacial score (nSPS) is 10.4. The summed E-state index contributed by atoms with van der Waals surface area (Å²) in [5.74, 6) is -0.920. The summed E-state index contributed by atoms with van der Waals surface area (Å²) in [5.41, 5.74) is 3.08. The monoisotopic (exact) mass is 217 g/mol. The second-order valence-corrected chi connectivity index (χ2v) is 3.63. The van der Waals surface area contributed by atoms with Gasteiger partial charge in [-0.25, -0.2) is 9.78 Å². The third kappa shape index (κ3) is 1.82. The Morgan fingerprint density at radius 2 is 2.06 bits per heavy atom. The Morgan fingerprint density at radius 3 is 2.62 bits per heavy atom. The zero-order chi connectivity index (χ0) is 11.7. The molecule has 0 bridgehead atoms. The fourth-order valence-corrected chi connectivity index (χ4v) is 1.38. The molecule has 0 fully saturated rings. The van der Waals surface area contributed by atoms with Crippen molar-refractivity contribution in [1.82, 2.24) is 4.98 Å². The van der Waals surface area contributed by atoms with Crippen molar-refractivity contribution in [2.45, 2.75) is 13.8 Å². The van der Waals surface area contributed by atoms with Gasteiger partial charge in [0.25, 0.3) is 0 Å². The third-order valence-corrected chi connectivity index (χ3v) is 2.47. The highest BCUT2D eigenvalue weighted by molar-refractivity contribution is 5.84. The molecule has 0 saturated heterocycles. The first-order valence-electron chi connectivity index (χ1n) is 4.84. The molecule has 0 aliphatic heterocycles. The Bertz CT molecular complexity index is 543. The number of hydrogen-bond donors (Lipinski definition) is 1. The maximum atomic E-state index is 10.6. The van der Waals surface area contributed by atoms with Gasteiger partial charge in [0, 0.05) is 5.56 Å². The Hall–Kier alpha value is -2.10. The molecular formula is C12H11NO3. The molecule has 1 aromatic carbocycles. The lowest BCUT2D eigenvalue weighted by atomic mass is 10.1.